The molecular weight excluding hydrogens is 394 g/mol. The number of benzene rings is 2. The minimum atomic E-state index is -1.53. The van der Waals surface area contributed by atoms with Crippen molar-refractivity contribution >= 4 is 11.6 Å². The Labute approximate surface area is 165 Å². The van der Waals surface area contributed by atoms with Gasteiger partial charge in [0.15, 0.2) is 0 Å². The molecule has 2 aromatic rings. The Morgan fingerprint density at radius 2 is 1.64 bits per heavy atom. The molecule has 0 bridgehead atoms. The third-order valence-electron chi connectivity index (χ3n) is 4.94. The van der Waals surface area contributed by atoms with E-state index in [1.165, 1.54) is 24.3 Å². The predicted octanol–water partition coefficient (Wildman–Crippen LogP) is 2.03. The van der Waals surface area contributed by atoms with Crippen LogP contribution in [0.2, 0.25) is 5.02 Å². The summed E-state index contributed by atoms with van der Waals surface area (Å²) in [5, 5.41) is 39.7. The highest BCUT2D eigenvalue weighted by atomic mass is 35.5. The summed E-state index contributed by atoms with van der Waals surface area (Å²) in [5.41, 5.74) is 1.11. The van der Waals surface area contributed by atoms with Gasteiger partial charge < -0.3 is 25.2 Å². The van der Waals surface area contributed by atoms with Crippen LogP contribution < -0.4 is 0 Å². The van der Waals surface area contributed by atoms with Crippen LogP contribution in [0.3, 0.4) is 0 Å². The van der Waals surface area contributed by atoms with Crippen molar-refractivity contribution in [2.75, 3.05) is 6.61 Å². The SMILES string of the molecule is Cc1cc(F)c(Cc2cc([C@@H]3O[C@H](CO)[C@@H](O)[C@H](O)[C@H]3O)ccc2Cl)c(F)c1. The van der Waals surface area contributed by atoms with Crippen LogP contribution in [0.5, 0.6) is 0 Å². The molecular formula is C20H21ClF2O5. The van der Waals surface area contributed by atoms with E-state index < -0.39 is 48.8 Å². The molecule has 0 saturated carbocycles. The maximum Gasteiger partial charge on any atom is 0.129 e. The van der Waals surface area contributed by atoms with Crippen molar-refractivity contribution in [1.82, 2.24) is 0 Å². The first kappa shape index (κ1) is 21.1. The first-order chi connectivity index (χ1) is 13.2. The largest absolute Gasteiger partial charge is 0.394 e. The average molecular weight is 415 g/mol. The quantitative estimate of drug-likeness (QED) is 0.614. The Balaban J connectivity index is 1.94. The molecule has 152 valence electrons. The van der Waals surface area contributed by atoms with Crippen molar-refractivity contribution in [3.8, 4) is 0 Å². The number of rotatable bonds is 4. The molecule has 0 amide bonds. The highest BCUT2D eigenvalue weighted by Gasteiger charge is 2.44. The van der Waals surface area contributed by atoms with E-state index in [2.05, 4.69) is 0 Å². The molecule has 1 saturated heterocycles. The zero-order valence-electron chi connectivity index (χ0n) is 15.0. The fourth-order valence-corrected chi connectivity index (χ4v) is 3.56. The van der Waals surface area contributed by atoms with Crippen molar-refractivity contribution in [2.24, 2.45) is 0 Å². The lowest BCUT2D eigenvalue weighted by molar-refractivity contribution is -0.231. The molecule has 5 atom stereocenters. The van der Waals surface area contributed by atoms with Crippen molar-refractivity contribution < 1.29 is 33.9 Å². The molecule has 3 rings (SSSR count). The van der Waals surface area contributed by atoms with E-state index in [-0.39, 0.29) is 17.0 Å². The molecule has 5 nitrogen and oxygen atoms in total. The molecule has 0 aromatic heterocycles. The number of ether oxygens (including phenoxy) is 1. The summed E-state index contributed by atoms with van der Waals surface area (Å²) in [5.74, 6) is -1.38. The fraction of sp³-hybridized carbons (Fsp3) is 0.400. The Bertz CT molecular complexity index is 837. The average Bonchev–Trinajstić information content (AvgIpc) is 2.64. The van der Waals surface area contributed by atoms with Crippen molar-refractivity contribution in [1.29, 1.82) is 0 Å². The summed E-state index contributed by atoms with van der Waals surface area (Å²) in [6, 6.07) is 7.02. The lowest BCUT2D eigenvalue weighted by Gasteiger charge is -2.40. The number of halogens is 3. The second kappa shape index (κ2) is 8.41. The van der Waals surface area contributed by atoms with Gasteiger partial charge in [0.2, 0.25) is 0 Å². The molecule has 0 unspecified atom stereocenters. The van der Waals surface area contributed by atoms with Crippen molar-refractivity contribution in [2.45, 2.75) is 43.9 Å². The molecule has 0 radical (unpaired) electrons. The Hall–Kier alpha value is -1.61. The Morgan fingerprint density at radius 3 is 2.25 bits per heavy atom. The van der Waals surface area contributed by atoms with Gasteiger partial charge in [-0.2, -0.15) is 0 Å². The monoisotopic (exact) mass is 414 g/mol. The zero-order chi connectivity index (χ0) is 20.6. The smallest absolute Gasteiger partial charge is 0.129 e. The zero-order valence-corrected chi connectivity index (χ0v) is 15.8. The predicted molar refractivity (Wildman–Crippen MR) is 98.1 cm³/mol. The second-order valence-electron chi connectivity index (χ2n) is 6.98. The van der Waals surface area contributed by atoms with Crippen LogP contribution in [-0.2, 0) is 11.2 Å². The molecule has 1 heterocycles. The summed E-state index contributed by atoms with van der Waals surface area (Å²) < 4.78 is 33.9. The van der Waals surface area contributed by atoms with Crippen LogP contribution >= 0.6 is 11.6 Å². The van der Waals surface area contributed by atoms with Gasteiger partial charge in [-0.25, -0.2) is 8.78 Å². The van der Waals surface area contributed by atoms with Crippen LogP contribution in [0.4, 0.5) is 8.78 Å². The van der Waals surface area contributed by atoms with Crippen molar-refractivity contribution in [3.63, 3.8) is 0 Å². The molecule has 28 heavy (non-hydrogen) atoms. The van der Waals surface area contributed by atoms with Gasteiger partial charge in [-0.15, -0.1) is 0 Å². The topological polar surface area (TPSA) is 90.2 Å². The Kier molecular flexibility index (Phi) is 6.34. The van der Waals surface area contributed by atoms with Crippen LogP contribution in [0.15, 0.2) is 30.3 Å². The number of aliphatic hydroxyl groups excluding tert-OH is 4. The molecule has 1 fully saturated rings. The number of hydrogen-bond acceptors (Lipinski definition) is 5. The molecule has 0 spiro atoms. The summed E-state index contributed by atoms with van der Waals surface area (Å²) in [6.45, 7) is 1.03. The van der Waals surface area contributed by atoms with E-state index in [4.69, 9.17) is 16.3 Å². The van der Waals surface area contributed by atoms with E-state index in [1.807, 2.05) is 0 Å². The lowest BCUT2D eigenvalue weighted by atomic mass is 9.90. The van der Waals surface area contributed by atoms with Gasteiger partial charge in [0.25, 0.3) is 0 Å². The van der Waals surface area contributed by atoms with Crippen LogP contribution in [0.25, 0.3) is 0 Å². The lowest BCUT2D eigenvalue weighted by Crippen LogP contribution is -2.55. The van der Waals surface area contributed by atoms with Gasteiger partial charge in [0.1, 0.15) is 42.2 Å². The van der Waals surface area contributed by atoms with Gasteiger partial charge in [-0.3, -0.25) is 0 Å². The highest BCUT2D eigenvalue weighted by molar-refractivity contribution is 6.31. The van der Waals surface area contributed by atoms with Crippen LogP contribution in [0, 0.1) is 18.6 Å². The third kappa shape index (κ3) is 4.05. The fourth-order valence-electron chi connectivity index (χ4n) is 3.37. The second-order valence-corrected chi connectivity index (χ2v) is 7.39. The van der Waals surface area contributed by atoms with Gasteiger partial charge in [0.05, 0.1) is 6.61 Å². The highest BCUT2D eigenvalue weighted by Crippen LogP contribution is 2.34. The molecule has 1 aliphatic heterocycles. The van der Waals surface area contributed by atoms with Gasteiger partial charge in [0, 0.05) is 17.0 Å². The summed E-state index contributed by atoms with van der Waals surface area (Å²) in [7, 11) is 0. The van der Waals surface area contributed by atoms with E-state index in [0.717, 1.165) is 0 Å². The first-order valence-corrected chi connectivity index (χ1v) is 9.14. The maximum atomic E-state index is 14.2. The molecule has 8 heteroatoms. The first-order valence-electron chi connectivity index (χ1n) is 8.76. The molecule has 0 aliphatic carbocycles. The van der Waals surface area contributed by atoms with E-state index in [1.54, 1.807) is 13.0 Å². The van der Waals surface area contributed by atoms with Gasteiger partial charge in [-0.1, -0.05) is 23.7 Å². The van der Waals surface area contributed by atoms with Crippen molar-refractivity contribution in [3.05, 3.63) is 69.2 Å². The molecule has 1 aliphatic rings. The molecule has 2 aromatic carbocycles. The van der Waals surface area contributed by atoms with Crippen LogP contribution in [0.1, 0.15) is 28.4 Å². The summed E-state index contributed by atoms with van der Waals surface area (Å²) in [6.07, 6.45) is -6.70. The standard InChI is InChI=1S/C20H21ClF2O5/c1-9-4-14(22)12(15(23)5-9)7-11-6-10(2-3-13(11)21)20-19(27)18(26)17(25)16(8-24)28-20/h2-6,16-20,24-27H,7-8H2,1H3/t16-,17-,18+,19-,20+/m1/s1. The summed E-state index contributed by atoms with van der Waals surface area (Å²) >= 11 is 6.19. The normalized spacial score (nSPS) is 27.8. The van der Waals surface area contributed by atoms with E-state index in [0.29, 0.717) is 16.7 Å². The number of aryl methyl sites for hydroxylation is 1. The third-order valence-corrected chi connectivity index (χ3v) is 5.31. The van der Waals surface area contributed by atoms with Crippen LogP contribution in [-0.4, -0.2) is 51.4 Å². The minimum absolute atomic E-state index is 0.123. The Morgan fingerprint density at radius 1 is 1.00 bits per heavy atom. The number of aliphatic hydroxyl groups is 4. The molecule has 4 N–H and O–H groups in total. The van der Waals surface area contributed by atoms with E-state index in [9.17, 15) is 29.2 Å². The number of hydrogen-bond donors (Lipinski definition) is 4. The minimum Gasteiger partial charge on any atom is -0.394 e. The van der Waals surface area contributed by atoms with Gasteiger partial charge >= 0.3 is 0 Å². The van der Waals surface area contributed by atoms with E-state index >= 15 is 0 Å². The summed E-state index contributed by atoms with van der Waals surface area (Å²) in [4.78, 5) is 0. The maximum absolute atomic E-state index is 14.2. The van der Waals surface area contributed by atoms with Gasteiger partial charge in [-0.05, 0) is 41.8 Å².